The summed E-state index contributed by atoms with van der Waals surface area (Å²) in [6.07, 6.45) is 4.36. The van der Waals surface area contributed by atoms with Crippen LogP contribution in [0, 0.1) is 5.92 Å². The first-order chi connectivity index (χ1) is 12.8. The molecule has 2 aliphatic rings. The molecule has 1 unspecified atom stereocenters. The van der Waals surface area contributed by atoms with Gasteiger partial charge >= 0.3 is 0 Å². The smallest absolute Gasteiger partial charge is 0.227 e. The molecule has 1 aliphatic carbocycles. The first kappa shape index (κ1) is 15.3. The van der Waals surface area contributed by atoms with Gasteiger partial charge < -0.3 is 19.2 Å². The fourth-order valence-corrected chi connectivity index (χ4v) is 3.75. The largest absolute Gasteiger partial charge is 0.486 e. The third-order valence-electron chi connectivity index (χ3n) is 5.06. The zero-order chi connectivity index (χ0) is 17.5. The second kappa shape index (κ2) is 6.05. The van der Waals surface area contributed by atoms with E-state index in [-0.39, 0.29) is 11.8 Å². The van der Waals surface area contributed by atoms with Crippen molar-refractivity contribution >= 4 is 17.2 Å². The number of carbonyl (C=O) groups is 1. The highest BCUT2D eigenvalue weighted by Crippen LogP contribution is 2.33. The second-order valence-corrected chi connectivity index (χ2v) is 6.72. The van der Waals surface area contributed by atoms with E-state index in [1.54, 1.807) is 0 Å². The van der Waals surface area contributed by atoms with Crippen molar-refractivity contribution in [1.29, 1.82) is 0 Å². The van der Waals surface area contributed by atoms with E-state index in [2.05, 4.69) is 14.7 Å². The lowest BCUT2D eigenvalue weighted by molar-refractivity contribution is -0.120. The Hall–Kier alpha value is -3.02. The minimum atomic E-state index is -0.0594. The van der Waals surface area contributed by atoms with E-state index in [1.807, 2.05) is 42.6 Å². The summed E-state index contributed by atoms with van der Waals surface area (Å²) in [5.74, 6) is 1.39. The molecule has 0 saturated heterocycles. The zero-order valence-corrected chi connectivity index (χ0v) is 14.3. The van der Waals surface area contributed by atoms with E-state index >= 15 is 0 Å². The monoisotopic (exact) mass is 349 g/mol. The van der Waals surface area contributed by atoms with Crippen molar-refractivity contribution in [2.24, 2.45) is 5.92 Å². The van der Waals surface area contributed by atoms with Gasteiger partial charge in [-0.05, 0) is 37.1 Å². The third kappa shape index (κ3) is 2.58. The molecule has 0 spiro atoms. The number of nitrogens with zero attached hydrogens (tertiary/aromatic N) is 2. The van der Waals surface area contributed by atoms with Crippen molar-refractivity contribution in [3.05, 3.63) is 54.0 Å². The normalized spacial score (nSPS) is 18.4. The van der Waals surface area contributed by atoms with Gasteiger partial charge in [-0.2, -0.15) is 0 Å². The maximum Gasteiger partial charge on any atom is 0.227 e. The molecule has 5 rings (SSSR count). The summed E-state index contributed by atoms with van der Waals surface area (Å²) >= 11 is 0. The molecule has 1 N–H and O–H groups in total. The lowest BCUT2D eigenvalue weighted by Crippen LogP contribution is -2.28. The number of aromatic nitrogens is 2. The molecule has 0 saturated carbocycles. The molecule has 3 aromatic rings. The minimum absolute atomic E-state index is 0.0400. The van der Waals surface area contributed by atoms with E-state index in [0.29, 0.717) is 25.4 Å². The molecule has 0 fully saturated rings. The average Bonchev–Trinajstić information content (AvgIpc) is 3.06. The lowest BCUT2D eigenvalue weighted by atomic mass is 9.89. The van der Waals surface area contributed by atoms with E-state index in [9.17, 15) is 4.79 Å². The first-order valence-electron chi connectivity index (χ1n) is 8.93. The van der Waals surface area contributed by atoms with Crippen molar-refractivity contribution in [2.75, 3.05) is 18.5 Å². The maximum absolute atomic E-state index is 12.8. The maximum atomic E-state index is 12.8. The fourth-order valence-electron chi connectivity index (χ4n) is 3.75. The number of rotatable bonds is 2. The fraction of sp³-hybridized carbons (Fsp3) is 0.300. The lowest BCUT2D eigenvalue weighted by Gasteiger charge is -2.22. The van der Waals surface area contributed by atoms with Crippen LogP contribution >= 0.6 is 0 Å². The minimum Gasteiger partial charge on any atom is -0.486 e. The zero-order valence-electron chi connectivity index (χ0n) is 14.3. The van der Waals surface area contributed by atoms with E-state index in [0.717, 1.165) is 41.3 Å². The molecule has 0 bridgehead atoms. The van der Waals surface area contributed by atoms with E-state index in [1.165, 1.54) is 0 Å². The standard InChI is InChI=1S/C20H19N3O3/c24-20(21-14-5-7-17-18(12-14)26-10-9-25-17)13-4-6-15-16(11-13)23-8-2-1-3-19(23)22-15/h1-3,5,7-8,12-13H,4,6,9-11H2,(H,21,24). The van der Waals surface area contributed by atoms with Crippen molar-refractivity contribution in [2.45, 2.75) is 19.3 Å². The number of anilines is 1. The van der Waals surface area contributed by atoms with Crippen LogP contribution < -0.4 is 14.8 Å². The van der Waals surface area contributed by atoms with Crippen LogP contribution in [0.25, 0.3) is 5.65 Å². The van der Waals surface area contributed by atoms with Gasteiger partial charge in [0.05, 0.1) is 5.69 Å². The Morgan fingerprint density at radius 1 is 1.15 bits per heavy atom. The SMILES string of the molecule is O=C(Nc1ccc2c(c1)OCCO2)C1CCc2nc3ccccn3c2C1. The number of amides is 1. The summed E-state index contributed by atoms with van der Waals surface area (Å²) in [6.45, 7) is 1.09. The van der Waals surface area contributed by atoms with Gasteiger partial charge in [-0.3, -0.25) is 4.79 Å². The average molecular weight is 349 g/mol. The number of ether oxygens (including phenoxy) is 2. The van der Waals surface area contributed by atoms with Crippen molar-refractivity contribution in [3.8, 4) is 11.5 Å². The van der Waals surface area contributed by atoms with Crippen molar-refractivity contribution in [3.63, 3.8) is 0 Å². The predicted octanol–water partition coefficient (Wildman–Crippen LogP) is 2.85. The molecular formula is C20H19N3O3. The van der Waals surface area contributed by atoms with Crippen LogP contribution in [0.2, 0.25) is 0 Å². The third-order valence-corrected chi connectivity index (χ3v) is 5.06. The van der Waals surface area contributed by atoms with Crippen LogP contribution in [-0.4, -0.2) is 28.5 Å². The van der Waals surface area contributed by atoms with Crippen LogP contribution in [0.1, 0.15) is 17.8 Å². The number of aryl methyl sites for hydroxylation is 1. The number of benzene rings is 1. The van der Waals surface area contributed by atoms with Crippen molar-refractivity contribution < 1.29 is 14.3 Å². The molecule has 2 aromatic heterocycles. The molecule has 6 nitrogen and oxygen atoms in total. The Morgan fingerprint density at radius 2 is 2.04 bits per heavy atom. The number of hydrogen-bond donors (Lipinski definition) is 1. The number of fused-ring (bicyclic) bond motifs is 4. The summed E-state index contributed by atoms with van der Waals surface area (Å²) in [5.41, 5.74) is 3.95. The molecule has 26 heavy (non-hydrogen) atoms. The van der Waals surface area contributed by atoms with E-state index in [4.69, 9.17) is 9.47 Å². The van der Waals surface area contributed by atoms with Gasteiger partial charge in [0.2, 0.25) is 5.91 Å². The van der Waals surface area contributed by atoms with Gasteiger partial charge in [0.25, 0.3) is 0 Å². The topological polar surface area (TPSA) is 64.9 Å². The van der Waals surface area contributed by atoms with E-state index < -0.39 is 0 Å². The molecule has 1 amide bonds. The van der Waals surface area contributed by atoms with Gasteiger partial charge in [0.15, 0.2) is 11.5 Å². The number of hydrogen-bond acceptors (Lipinski definition) is 4. The molecule has 1 atom stereocenters. The molecule has 132 valence electrons. The molecular weight excluding hydrogens is 330 g/mol. The van der Waals surface area contributed by atoms with Crippen LogP contribution in [-0.2, 0) is 17.6 Å². The number of pyridine rings is 1. The summed E-state index contributed by atoms with van der Waals surface area (Å²) in [7, 11) is 0. The number of imidazole rings is 1. The van der Waals surface area contributed by atoms with Gasteiger partial charge in [-0.1, -0.05) is 6.07 Å². The molecule has 3 heterocycles. The Kier molecular flexibility index (Phi) is 3.55. The summed E-state index contributed by atoms with van der Waals surface area (Å²) in [5, 5.41) is 3.03. The Bertz CT molecular complexity index is 995. The molecule has 6 heteroatoms. The number of nitrogens with one attached hydrogen (secondary N) is 1. The van der Waals surface area contributed by atoms with Crippen LogP contribution in [0.5, 0.6) is 11.5 Å². The van der Waals surface area contributed by atoms with Gasteiger partial charge in [0.1, 0.15) is 18.9 Å². The second-order valence-electron chi connectivity index (χ2n) is 6.72. The Morgan fingerprint density at radius 3 is 2.96 bits per heavy atom. The van der Waals surface area contributed by atoms with Gasteiger partial charge in [0, 0.05) is 36.0 Å². The highest BCUT2D eigenvalue weighted by atomic mass is 16.6. The highest BCUT2D eigenvalue weighted by Gasteiger charge is 2.28. The Labute approximate surface area is 150 Å². The number of carbonyl (C=O) groups excluding carboxylic acids is 1. The summed E-state index contributed by atoms with van der Waals surface area (Å²) < 4.78 is 13.2. The molecule has 1 aromatic carbocycles. The van der Waals surface area contributed by atoms with Crippen LogP contribution in [0.4, 0.5) is 5.69 Å². The van der Waals surface area contributed by atoms with Crippen molar-refractivity contribution in [1.82, 2.24) is 9.38 Å². The molecule has 1 aliphatic heterocycles. The highest BCUT2D eigenvalue weighted by molar-refractivity contribution is 5.93. The Balaban J connectivity index is 1.35. The van der Waals surface area contributed by atoms with Gasteiger partial charge in [-0.25, -0.2) is 4.98 Å². The first-order valence-corrected chi connectivity index (χ1v) is 8.93. The summed E-state index contributed by atoms with van der Waals surface area (Å²) in [4.78, 5) is 17.5. The molecule has 0 radical (unpaired) electrons. The quantitative estimate of drug-likeness (QED) is 0.773. The van der Waals surface area contributed by atoms with Crippen LogP contribution in [0.15, 0.2) is 42.6 Å². The van der Waals surface area contributed by atoms with Gasteiger partial charge in [-0.15, -0.1) is 0 Å². The van der Waals surface area contributed by atoms with Crippen LogP contribution in [0.3, 0.4) is 0 Å². The predicted molar refractivity (Wildman–Crippen MR) is 96.8 cm³/mol. The summed E-state index contributed by atoms with van der Waals surface area (Å²) in [6, 6.07) is 11.5.